The van der Waals surface area contributed by atoms with Gasteiger partial charge in [0.1, 0.15) is 11.6 Å². The van der Waals surface area contributed by atoms with E-state index in [1.54, 1.807) is 12.3 Å². The fourth-order valence-corrected chi connectivity index (χ4v) is 1.71. The molecule has 1 amide bonds. The second-order valence-corrected chi connectivity index (χ2v) is 4.04. The summed E-state index contributed by atoms with van der Waals surface area (Å²) in [4.78, 5) is 11.1. The van der Waals surface area contributed by atoms with E-state index in [-0.39, 0.29) is 16.9 Å². The van der Waals surface area contributed by atoms with E-state index < -0.39 is 11.7 Å². The van der Waals surface area contributed by atoms with E-state index in [2.05, 4.69) is 5.32 Å². The molecular weight excluding hydrogens is 249 g/mol. The summed E-state index contributed by atoms with van der Waals surface area (Å²) >= 11 is 0. The molecule has 1 aromatic heterocycles. The third-order valence-corrected chi connectivity index (χ3v) is 2.67. The number of rotatable bonds is 5. The van der Waals surface area contributed by atoms with Gasteiger partial charge < -0.3 is 21.2 Å². The summed E-state index contributed by atoms with van der Waals surface area (Å²) in [5.41, 5.74) is 11.0. The Morgan fingerprint density at radius 2 is 2.21 bits per heavy atom. The summed E-state index contributed by atoms with van der Waals surface area (Å²) in [5.74, 6) is -0.424. The van der Waals surface area contributed by atoms with Crippen molar-refractivity contribution in [2.24, 2.45) is 5.73 Å². The van der Waals surface area contributed by atoms with Gasteiger partial charge in [0.25, 0.3) is 5.91 Å². The summed E-state index contributed by atoms with van der Waals surface area (Å²) in [6, 6.07) is 6.00. The highest BCUT2D eigenvalue weighted by Gasteiger charge is 2.11. The number of anilines is 2. The van der Waals surface area contributed by atoms with E-state index in [1.165, 1.54) is 6.07 Å². The first-order valence-electron chi connectivity index (χ1n) is 5.73. The number of carbonyl (C=O) groups excluding carboxylic acids is 1. The third kappa shape index (κ3) is 3.04. The molecule has 5 nitrogen and oxygen atoms in total. The van der Waals surface area contributed by atoms with E-state index in [4.69, 9.17) is 15.9 Å². The van der Waals surface area contributed by atoms with Crippen molar-refractivity contribution in [1.82, 2.24) is 0 Å². The van der Waals surface area contributed by atoms with Crippen molar-refractivity contribution in [3.8, 4) is 0 Å². The Hall–Kier alpha value is -2.50. The van der Waals surface area contributed by atoms with Gasteiger partial charge in [0.15, 0.2) is 0 Å². The molecular formula is C13H14FN3O2. The SMILES string of the molecule is NC(=O)c1cc(NCCc2ccco2)c(F)cc1N. The van der Waals surface area contributed by atoms with Gasteiger partial charge in [-0.15, -0.1) is 0 Å². The lowest BCUT2D eigenvalue weighted by Crippen LogP contribution is -2.15. The molecule has 0 radical (unpaired) electrons. The van der Waals surface area contributed by atoms with Crippen LogP contribution in [0.4, 0.5) is 15.8 Å². The predicted molar refractivity (Wildman–Crippen MR) is 70.2 cm³/mol. The zero-order valence-electron chi connectivity index (χ0n) is 10.2. The smallest absolute Gasteiger partial charge is 0.250 e. The number of amides is 1. The quantitative estimate of drug-likeness (QED) is 0.716. The highest BCUT2D eigenvalue weighted by molar-refractivity contribution is 5.99. The second kappa shape index (κ2) is 5.43. The first kappa shape index (κ1) is 12.9. The Morgan fingerprint density at radius 3 is 2.84 bits per heavy atom. The molecule has 0 bridgehead atoms. The number of hydrogen-bond acceptors (Lipinski definition) is 4. The number of benzene rings is 1. The van der Waals surface area contributed by atoms with Crippen molar-refractivity contribution in [3.63, 3.8) is 0 Å². The minimum absolute atomic E-state index is 0.0292. The Kier molecular flexibility index (Phi) is 3.70. The number of primary amides is 1. The van der Waals surface area contributed by atoms with Crippen LogP contribution in [0.3, 0.4) is 0 Å². The zero-order chi connectivity index (χ0) is 13.8. The predicted octanol–water partition coefficient (Wildman–Crippen LogP) is 1.75. The van der Waals surface area contributed by atoms with Gasteiger partial charge in [0, 0.05) is 18.7 Å². The minimum atomic E-state index is -0.688. The molecule has 0 spiro atoms. The molecule has 0 aliphatic rings. The summed E-state index contributed by atoms with van der Waals surface area (Å²) in [7, 11) is 0. The van der Waals surface area contributed by atoms with Crippen LogP contribution in [0, 0.1) is 5.82 Å². The summed E-state index contributed by atoms with van der Waals surface area (Å²) in [5, 5.41) is 2.88. The van der Waals surface area contributed by atoms with Crippen LogP contribution in [-0.4, -0.2) is 12.5 Å². The molecule has 0 aliphatic heterocycles. The monoisotopic (exact) mass is 263 g/mol. The van der Waals surface area contributed by atoms with E-state index in [9.17, 15) is 9.18 Å². The molecule has 19 heavy (non-hydrogen) atoms. The Labute approximate surface area is 109 Å². The lowest BCUT2D eigenvalue weighted by atomic mass is 10.1. The number of nitrogens with one attached hydrogen (secondary N) is 1. The van der Waals surface area contributed by atoms with Gasteiger partial charge in [-0.3, -0.25) is 4.79 Å². The minimum Gasteiger partial charge on any atom is -0.469 e. The molecule has 6 heteroatoms. The van der Waals surface area contributed by atoms with E-state index in [0.717, 1.165) is 11.8 Å². The number of nitrogen functional groups attached to an aromatic ring is 1. The standard InChI is InChI=1S/C13H14FN3O2/c14-10-7-11(15)9(13(16)18)6-12(10)17-4-3-8-2-1-5-19-8/h1-2,5-7,17H,3-4,15H2,(H2,16,18). The lowest BCUT2D eigenvalue weighted by Gasteiger charge is -2.10. The Bertz CT molecular complexity index is 582. The molecule has 2 aromatic rings. The zero-order valence-corrected chi connectivity index (χ0v) is 10.2. The molecule has 0 fully saturated rings. The van der Waals surface area contributed by atoms with Crippen LogP contribution in [0.1, 0.15) is 16.1 Å². The molecule has 100 valence electrons. The van der Waals surface area contributed by atoms with Crippen molar-refractivity contribution < 1.29 is 13.6 Å². The van der Waals surface area contributed by atoms with Crippen LogP contribution in [0.5, 0.6) is 0 Å². The average molecular weight is 263 g/mol. The van der Waals surface area contributed by atoms with Gasteiger partial charge in [-0.05, 0) is 24.3 Å². The van der Waals surface area contributed by atoms with Gasteiger partial charge in [0.2, 0.25) is 0 Å². The maximum atomic E-state index is 13.6. The van der Waals surface area contributed by atoms with Crippen LogP contribution in [0.15, 0.2) is 34.9 Å². The van der Waals surface area contributed by atoms with Crippen LogP contribution < -0.4 is 16.8 Å². The van der Waals surface area contributed by atoms with Gasteiger partial charge in [-0.25, -0.2) is 4.39 Å². The third-order valence-electron chi connectivity index (χ3n) is 2.67. The van der Waals surface area contributed by atoms with Crippen LogP contribution in [0.25, 0.3) is 0 Å². The molecule has 1 heterocycles. The fraction of sp³-hybridized carbons (Fsp3) is 0.154. The topological polar surface area (TPSA) is 94.3 Å². The van der Waals surface area contributed by atoms with Crippen molar-refractivity contribution in [2.45, 2.75) is 6.42 Å². The highest BCUT2D eigenvalue weighted by atomic mass is 19.1. The molecule has 0 atom stereocenters. The number of halogens is 1. The molecule has 0 saturated heterocycles. The van der Waals surface area contributed by atoms with Crippen molar-refractivity contribution in [3.05, 3.63) is 47.7 Å². The molecule has 2 rings (SSSR count). The molecule has 1 aromatic carbocycles. The highest BCUT2D eigenvalue weighted by Crippen LogP contribution is 2.21. The van der Waals surface area contributed by atoms with E-state index >= 15 is 0 Å². The van der Waals surface area contributed by atoms with Crippen LogP contribution in [0.2, 0.25) is 0 Å². The Balaban J connectivity index is 2.07. The lowest BCUT2D eigenvalue weighted by molar-refractivity contribution is 0.100. The van der Waals surface area contributed by atoms with Gasteiger partial charge in [-0.1, -0.05) is 0 Å². The van der Waals surface area contributed by atoms with Gasteiger partial charge in [-0.2, -0.15) is 0 Å². The van der Waals surface area contributed by atoms with Crippen molar-refractivity contribution in [2.75, 3.05) is 17.6 Å². The largest absolute Gasteiger partial charge is 0.469 e. The summed E-state index contributed by atoms with van der Waals surface area (Å²) in [6.07, 6.45) is 2.17. The number of furan rings is 1. The summed E-state index contributed by atoms with van der Waals surface area (Å²) < 4.78 is 18.8. The number of carbonyl (C=O) groups is 1. The molecule has 5 N–H and O–H groups in total. The van der Waals surface area contributed by atoms with Crippen LogP contribution >= 0.6 is 0 Å². The van der Waals surface area contributed by atoms with Gasteiger partial charge in [0.05, 0.1) is 17.5 Å². The first-order chi connectivity index (χ1) is 9.08. The second-order valence-electron chi connectivity index (χ2n) is 4.04. The van der Waals surface area contributed by atoms with Crippen molar-refractivity contribution in [1.29, 1.82) is 0 Å². The maximum absolute atomic E-state index is 13.6. The maximum Gasteiger partial charge on any atom is 0.250 e. The first-order valence-corrected chi connectivity index (χ1v) is 5.73. The molecule has 0 saturated carbocycles. The van der Waals surface area contributed by atoms with Crippen LogP contribution in [-0.2, 0) is 6.42 Å². The Morgan fingerprint density at radius 1 is 1.42 bits per heavy atom. The van der Waals surface area contributed by atoms with Gasteiger partial charge >= 0.3 is 0 Å². The average Bonchev–Trinajstić information content (AvgIpc) is 2.84. The van der Waals surface area contributed by atoms with E-state index in [0.29, 0.717) is 13.0 Å². The summed E-state index contributed by atoms with van der Waals surface area (Å²) in [6.45, 7) is 0.465. The number of hydrogen-bond donors (Lipinski definition) is 3. The normalized spacial score (nSPS) is 10.4. The van der Waals surface area contributed by atoms with E-state index in [1.807, 2.05) is 6.07 Å². The number of nitrogens with two attached hydrogens (primary N) is 2. The van der Waals surface area contributed by atoms with Crippen molar-refractivity contribution >= 4 is 17.3 Å². The molecule has 0 aliphatic carbocycles. The fourth-order valence-electron chi connectivity index (χ4n) is 1.71. The molecule has 0 unspecified atom stereocenters.